The molecule has 0 saturated carbocycles. The number of para-hydroxylation sites is 2. The van der Waals surface area contributed by atoms with Gasteiger partial charge in [0.05, 0.1) is 6.33 Å². The zero-order valence-electron chi connectivity index (χ0n) is 14.4. The summed E-state index contributed by atoms with van der Waals surface area (Å²) in [6.07, 6.45) is 4.20. The van der Waals surface area contributed by atoms with Gasteiger partial charge in [0.1, 0.15) is 6.61 Å². The summed E-state index contributed by atoms with van der Waals surface area (Å²) in [4.78, 5) is 30.4. The van der Waals surface area contributed by atoms with Crippen molar-refractivity contribution in [2.24, 2.45) is 5.92 Å². The molecule has 0 spiro atoms. The molecule has 3 heterocycles. The molecule has 4 rings (SSSR count). The summed E-state index contributed by atoms with van der Waals surface area (Å²) in [5, 5.41) is 0. The highest BCUT2D eigenvalue weighted by Gasteiger charge is 2.33. The number of likely N-dealkylation sites (tertiary alicyclic amines) is 1. The van der Waals surface area contributed by atoms with Gasteiger partial charge in [-0.25, -0.2) is 4.98 Å². The lowest BCUT2D eigenvalue weighted by atomic mass is 9.96. The van der Waals surface area contributed by atoms with Crippen LogP contribution in [0.15, 0.2) is 47.7 Å². The summed E-state index contributed by atoms with van der Waals surface area (Å²) in [5.74, 6) is 1.63. The predicted octanol–water partition coefficient (Wildman–Crippen LogP) is 1.32. The second-order valence-electron chi connectivity index (χ2n) is 6.70. The summed E-state index contributed by atoms with van der Waals surface area (Å²) < 4.78 is 13.1. The molecule has 0 aliphatic carbocycles. The minimum atomic E-state index is -0.595. The van der Waals surface area contributed by atoms with Crippen molar-refractivity contribution in [1.29, 1.82) is 0 Å². The standard InChI is InChI=1S/C19H21N3O4/c23-18-5-8-20-13-22(18)11-14-6-9-21(10-7-14)19(24)17-12-25-15-3-1-2-4-16(15)26-17/h1-5,8,13-14,17H,6-7,9-12H2. The molecule has 1 atom stereocenters. The Morgan fingerprint density at radius 2 is 1.92 bits per heavy atom. The van der Waals surface area contributed by atoms with Crippen LogP contribution in [0.2, 0.25) is 0 Å². The van der Waals surface area contributed by atoms with Crippen molar-refractivity contribution in [2.75, 3.05) is 19.7 Å². The van der Waals surface area contributed by atoms with Crippen LogP contribution in [0.5, 0.6) is 11.5 Å². The lowest BCUT2D eigenvalue weighted by Gasteiger charge is -2.35. The summed E-state index contributed by atoms with van der Waals surface area (Å²) in [7, 11) is 0. The molecule has 2 aliphatic heterocycles. The van der Waals surface area contributed by atoms with E-state index >= 15 is 0 Å². The van der Waals surface area contributed by atoms with Crippen LogP contribution in [0.3, 0.4) is 0 Å². The van der Waals surface area contributed by atoms with Gasteiger partial charge in [0, 0.05) is 31.9 Å². The molecule has 0 radical (unpaired) electrons. The quantitative estimate of drug-likeness (QED) is 0.830. The fourth-order valence-corrected chi connectivity index (χ4v) is 3.47. The van der Waals surface area contributed by atoms with Crippen molar-refractivity contribution < 1.29 is 14.3 Å². The zero-order valence-corrected chi connectivity index (χ0v) is 14.4. The van der Waals surface area contributed by atoms with Gasteiger partial charge in [0.15, 0.2) is 11.5 Å². The van der Waals surface area contributed by atoms with E-state index in [0.29, 0.717) is 37.1 Å². The third kappa shape index (κ3) is 3.42. The Labute approximate surface area is 151 Å². The van der Waals surface area contributed by atoms with Gasteiger partial charge < -0.3 is 14.4 Å². The van der Waals surface area contributed by atoms with Gasteiger partial charge >= 0.3 is 0 Å². The Hall–Kier alpha value is -2.83. The van der Waals surface area contributed by atoms with Crippen molar-refractivity contribution in [2.45, 2.75) is 25.5 Å². The Kier molecular flexibility index (Phi) is 4.60. The normalized spacial score (nSPS) is 20.0. The zero-order chi connectivity index (χ0) is 17.9. The highest BCUT2D eigenvalue weighted by atomic mass is 16.6. The molecule has 7 heteroatoms. The van der Waals surface area contributed by atoms with E-state index in [1.807, 2.05) is 29.2 Å². The number of piperidine rings is 1. The second kappa shape index (κ2) is 7.19. The third-order valence-electron chi connectivity index (χ3n) is 4.96. The minimum absolute atomic E-state index is 0.0310. The molecule has 2 aromatic rings. The van der Waals surface area contributed by atoms with Crippen LogP contribution in [-0.2, 0) is 11.3 Å². The number of aromatic nitrogens is 2. The lowest BCUT2D eigenvalue weighted by molar-refractivity contribution is -0.142. The molecule has 1 saturated heterocycles. The van der Waals surface area contributed by atoms with Gasteiger partial charge in [-0.2, -0.15) is 0 Å². The average Bonchev–Trinajstić information content (AvgIpc) is 2.69. The van der Waals surface area contributed by atoms with Gasteiger partial charge in [-0.05, 0) is 30.9 Å². The minimum Gasteiger partial charge on any atom is -0.485 e. The number of nitrogens with zero attached hydrogens (tertiary/aromatic N) is 3. The van der Waals surface area contributed by atoms with E-state index in [1.165, 1.54) is 12.3 Å². The summed E-state index contributed by atoms with van der Waals surface area (Å²) in [5.41, 5.74) is -0.0371. The summed E-state index contributed by atoms with van der Waals surface area (Å²) in [6, 6.07) is 8.86. The van der Waals surface area contributed by atoms with Gasteiger partial charge in [-0.1, -0.05) is 12.1 Å². The third-order valence-corrected chi connectivity index (χ3v) is 4.96. The van der Waals surface area contributed by atoms with E-state index < -0.39 is 6.10 Å². The van der Waals surface area contributed by atoms with Crippen LogP contribution in [-0.4, -0.2) is 46.2 Å². The molecule has 1 amide bonds. The Bertz CT molecular complexity index is 842. The molecule has 1 unspecified atom stereocenters. The topological polar surface area (TPSA) is 73.7 Å². The van der Waals surface area contributed by atoms with Gasteiger partial charge in [-0.15, -0.1) is 0 Å². The number of rotatable bonds is 3. The van der Waals surface area contributed by atoms with Gasteiger partial charge in [-0.3, -0.25) is 14.2 Å². The number of hydrogen-bond acceptors (Lipinski definition) is 5. The largest absolute Gasteiger partial charge is 0.485 e. The van der Waals surface area contributed by atoms with Gasteiger partial charge in [0.2, 0.25) is 6.10 Å². The van der Waals surface area contributed by atoms with Crippen LogP contribution >= 0.6 is 0 Å². The number of hydrogen-bond donors (Lipinski definition) is 0. The summed E-state index contributed by atoms with van der Waals surface area (Å²) in [6.45, 7) is 2.21. The van der Waals surface area contributed by atoms with Crippen molar-refractivity contribution in [3.05, 3.63) is 53.2 Å². The molecule has 1 fully saturated rings. The number of fused-ring (bicyclic) bond motifs is 1. The van der Waals surface area contributed by atoms with Crippen LogP contribution in [0.4, 0.5) is 0 Å². The first-order chi connectivity index (χ1) is 12.7. The number of ether oxygens (including phenoxy) is 2. The smallest absolute Gasteiger partial charge is 0.267 e. The SMILES string of the molecule is O=C(C1COc2ccccc2O1)N1CCC(Cn2cnccc2=O)CC1. The van der Waals surface area contributed by atoms with Crippen molar-refractivity contribution >= 4 is 5.91 Å². The monoisotopic (exact) mass is 355 g/mol. The Balaban J connectivity index is 1.33. The van der Waals surface area contributed by atoms with E-state index in [0.717, 1.165) is 12.8 Å². The highest BCUT2D eigenvalue weighted by molar-refractivity contribution is 5.82. The van der Waals surface area contributed by atoms with Crippen LogP contribution < -0.4 is 15.0 Å². The van der Waals surface area contributed by atoms with E-state index in [9.17, 15) is 9.59 Å². The first-order valence-corrected chi connectivity index (χ1v) is 8.88. The maximum atomic E-state index is 12.7. The van der Waals surface area contributed by atoms with E-state index in [2.05, 4.69) is 4.98 Å². The average molecular weight is 355 g/mol. The van der Waals surface area contributed by atoms with Crippen LogP contribution in [0, 0.1) is 5.92 Å². The van der Waals surface area contributed by atoms with Gasteiger partial charge in [0.25, 0.3) is 11.5 Å². The maximum Gasteiger partial charge on any atom is 0.267 e. The number of amides is 1. The second-order valence-corrected chi connectivity index (χ2v) is 6.70. The molecule has 0 bridgehead atoms. The van der Waals surface area contributed by atoms with E-state index in [-0.39, 0.29) is 18.1 Å². The van der Waals surface area contributed by atoms with Crippen LogP contribution in [0.1, 0.15) is 12.8 Å². The lowest BCUT2D eigenvalue weighted by Crippen LogP contribution is -2.49. The maximum absolute atomic E-state index is 12.7. The molecule has 7 nitrogen and oxygen atoms in total. The van der Waals surface area contributed by atoms with Crippen molar-refractivity contribution in [3.63, 3.8) is 0 Å². The Morgan fingerprint density at radius 1 is 1.15 bits per heavy atom. The molecule has 1 aromatic carbocycles. The molecule has 136 valence electrons. The van der Waals surface area contributed by atoms with E-state index in [4.69, 9.17) is 9.47 Å². The molecular formula is C19H21N3O4. The van der Waals surface area contributed by atoms with Crippen LogP contribution in [0.25, 0.3) is 0 Å². The fourth-order valence-electron chi connectivity index (χ4n) is 3.47. The number of carbonyl (C=O) groups is 1. The molecule has 26 heavy (non-hydrogen) atoms. The molecule has 0 N–H and O–H groups in total. The number of benzene rings is 1. The predicted molar refractivity (Wildman–Crippen MR) is 94.2 cm³/mol. The number of carbonyl (C=O) groups excluding carboxylic acids is 1. The molecular weight excluding hydrogens is 334 g/mol. The van der Waals surface area contributed by atoms with Crippen molar-refractivity contribution in [3.8, 4) is 11.5 Å². The molecule has 2 aliphatic rings. The first-order valence-electron chi connectivity index (χ1n) is 8.88. The Morgan fingerprint density at radius 3 is 2.69 bits per heavy atom. The first kappa shape index (κ1) is 16.6. The van der Waals surface area contributed by atoms with Crippen molar-refractivity contribution in [1.82, 2.24) is 14.5 Å². The highest BCUT2D eigenvalue weighted by Crippen LogP contribution is 2.31. The summed E-state index contributed by atoms with van der Waals surface area (Å²) >= 11 is 0. The van der Waals surface area contributed by atoms with E-state index in [1.54, 1.807) is 10.9 Å². The molecule has 1 aromatic heterocycles. The fraction of sp³-hybridized carbons (Fsp3) is 0.421.